The fraction of sp³-hybridized carbons (Fsp3) is 0. The van der Waals surface area contributed by atoms with E-state index in [0.717, 1.165) is 22.2 Å². The molecule has 0 saturated heterocycles. The number of fused-ring (bicyclic) bond motifs is 1. The first-order chi connectivity index (χ1) is 13.2. The van der Waals surface area contributed by atoms with E-state index in [-0.39, 0.29) is 5.84 Å². The molecule has 0 radical (unpaired) electrons. The first kappa shape index (κ1) is 16.4. The third kappa shape index (κ3) is 3.11. The lowest BCUT2D eigenvalue weighted by molar-refractivity contribution is 0.632. The maximum Gasteiger partial charge on any atom is 0.176 e. The Morgan fingerprint density at radius 1 is 1.00 bits per heavy atom. The van der Waals surface area contributed by atoms with E-state index in [1.165, 1.54) is 0 Å². The van der Waals surface area contributed by atoms with E-state index in [0.29, 0.717) is 22.7 Å². The third-order valence-corrected chi connectivity index (χ3v) is 4.11. The molecule has 0 aliphatic carbocycles. The van der Waals surface area contributed by atoms with Crippen LogP contribution < -0.4 is 11.6 Å². The third-order valence-electron chi connectivity index (χ3n) is 4.11. The Balaban J connectivity index is 1.75. The lowest BCUT2D eigenvalue weighted by atomic mass is 10.1. The monoisotopic (exact) mass is 357 g/mol. The number of anilines is 1. The van der Waals surface area contributed by atoms with E-state index >= 15 is 0 Å². The molecule has 0 aliphatic rings. The van der Waals surface area contributed by atoms with Gasteiger partial charge >= 0.3 is 0 Å². The number of pyridine rings is 2. The quantitative estimate of drug-likeness (QED) is 0.168. The summed E-state index contributed by atoms with van der Waals surface area (Å²) in [5.41, 5.74) is 10.3. The number of hydrogen-bond acceptors (Lipinski definition) is 6. The van der Waals surface area contributed by atoms with Crippen molar-refractivity contribution in [3.8, 4) is 22.5 Å². The fourth-order valence-electron chi connectivity index (χ4n) is 2.78. The average molecular weight is 357 g/mol. The highest BCUT2D eigenvalue weighted by atomic mass is 16.3. The molecule has 0 unspecified atom stereocenters. The summed E-state index contributed by atoms with van der Waals surface area (Å²) in [6.07, 6.45) is 3.44. The Kier molecular flexibility index (Phi) is 4.06. The van der Waals surface area contributed by atoms with Crippen LogP contribution in [-0.2, 0) is 0 Å². The van der Waals surface area contributed by atoms with Crippen LogP contribution in [0.3, 0.4) is 0 Å². The minimum atomic E-state index is -0.00606. The number of nitrogen functional groups attached to an aromatic ring is 1. The smallest absolute Gasteiger partial charge is 0.176 e. The van der Waals surface area contributed by atoms with Gasteiger partial charge in [0.2, 0.25) is 0 Å². The minimum absolute atomic E-state index is 0.00606. The topological polar surface area (TPSA) is 140 Å². The van der Waals surface area contributed by atoms with Crippen LogP contribution in [0.5, 0.6) is 0 Å². The number of amidine groups is 1. The number of benzene rings is 1. The molecule has 0 spiro atoms. The molecule has 0 amide bonds. The lowest BCUT2D eigenvalue weighted by Crippen LogP contribution is -1.94. The summed E-state index contributed by atoms with van der Waals surface area (Å²) in [6.45, 7) is 0. The number of aromatic nitrogens is 2. The van der Waals surface area contributed by atoms with Crippen molar-refractivity contribution in [2.75, 3.05) is 5.73 Å². The molecule has 0 saturated carbocycles. The van der Waals surface area contributed by atoms with Crippen molar-refractivity contribution in [1.29, 1.82) is 5.41 Å². The zero-order valence-electron chi connectivity index (χ0n) is 14.1. The summed E-state index contributed by atoms with van der Waals surface area (Å²) in [5.74, 6) is 6.11. The fourth-order valence-corrected chi connectivity index (χ4v) is 2.78. The van der Waals surface area contributed by atoms with Crippen molar-refractivity contribution in [3.05, 3.63) is 66.5 Å². The Bertz CT molecular complexity index is 1150. The number of rotatable bonds is 3. The van der Waals surface area contributed by atoms with E-state index in [4.69, 9.17) is 21.4 Å². The normalized spacial score (nSPS) is 11.3. The molecular weight excluding hydrogens is 342 g/mol. The molecule has 132 valence electrons. The molecule has 0 bridgehead atoms. The van der Waals surface area contributed by atoms with Crippen LogP contribution in [0.4, 0.5) is 5.82 Å². The Morgan fingerprint density at radius 2 is 1.78 bits per heavy atom. The van der Waals surface area contributed by atoms with Crippen LogP contribution in [0.15, 0.2) is 75.7 Å². The van der Waals surface area contributed by atoms with Crippen molar-refractivity contribution >= 4 is 22.8 Å². The predicted molar refractivity (Wildman–Crippen MR) is 103 cm³/mol. The summed E-state index contributed by atoms with van der Waals surface area (Å²) in [6, 6.07) is 14.6. The standard InChI is InChI=1S/C19H15N7O/c20-17-6-5-13(10-24-17)14-7-8-23-15-9-16(27-18(14)15)11-1-3-12(4-2-11)19(21)25-26-22/h1-10H,(H2,20,24)(H3,21,22,25). The highest BCUT2D eigenvalue weighted by molar-refractivity contribution is 5.97. The van der Waals surface area contributed by atoms with Gasteiger partial charge in [-0.3, -0.25) is 10.4 Å². The molecule has 3 aromatic heterocycles. The van der Waals surface area contributed by atoms with Crippen LogP contribution in [0.25, 0.3) is 33.6 Å². The zero-order chi connectivity index (χ0) is 18.8. The van der Waals surface area contributed by atoms with Gasteiger partial charge in [-0.25, -0.2) is 4.98 Å². The van der Waals surface area contributed by atoms with E-state index in [2.05, 4.69) is 20.3 Å². The average Bonchev–Trinajstić information content (AvgIpc) is 3.13. The first-order valence-electron chi connectivity index (χ1n) is 8.06. The molecule has 8 nitrogen and oxygen atoms in total. The lowest BCUT2D eigenvalue weighted by Gasteiger charge is -2.02. The van der Waals surface area contributed by atoms with Gasteiger partial charge in [0.25, 0.3) is 0 Å². The summed E-state index contributed by atoms with van der Waals surface area (Å²) in [7, 11) is 0. The Hall–Kier alpha value is -4.07. The SMILES string of the molecule is N=C(/N=N\N)c1ccc(-c2cc3nccc(-c4ccc(N)nc4)c3o2)cc1. The van der Waals surface area contributed by atoms with Crippen LogP contribution >= 0.6 is 0 Å². The summed E-state index contributed by atoms with van der Waals surface area (Å²) < 4.78 is 6.08. The zero-order valence-corrected chi connectivity index (χ0v) is 14.1. The van der Waals surface area contributed by atoms with Crippen LogP contribution in [0.1, 0.15) is 5.56 Å². The highest BCUT2D eigenvalue weighted by Crippen LogP contribution is 2.33. The van der Waals surface area contributed by atoms with Gasteiger partial charge in [-0.1, -0.05) is 29.5 Å². The van der Waals surface area contributed by atoms with Gasteiger partial charge < -0.3 is 16.0 Å². The van der Waals surface area contributed by atoms with Crippen molar-refractivity contribution < 1.29 is 4.42 Å². The molecule has 0 atom stereocenters. The maximum absolute atomic E-state index is 7.74. The molecule has 8 heteroatoms. The number of furan rings is 1. The molecule has 5 N–H and O–H groups in total. The van der Waals surface area contributed by atoms with E-state index < -0.39 is 0 Å². The molecule has 27 heavy (non-hydrogen) atoms. The first-order valence-corrected chi connectivity index (χ1v) is 8.06. The molecule has 1 aromatic carbocycles. The van der Waals surface area contributed by atoms with E-state index in [9.17, 15) is 0 Å². The van der Waals surface area contributed by atoms with Crippen LogP contribution in [0, 0.1) is 5.41 Å². The van der Waals surface area contributed by atoms with Gasteiger partial charge in [0.05, 0.1) is 0 Å². The van der Waals surface area contributed by atoms with Crippen LogP contribution in [0.2, 0.25) is 0 Å². The van der Waals surface area contributed by atoms with Crippen molar-refractivity contribution in [1.82, 2.24) is 9.97 Å². The number of hydrogen-bond donors (Lipinski definition) is 3. The summed E-state index contributed by atoms with van der Waals surface area (Å²) in [4.78, 5) is 8.53. The predicted octanol–water partition coefficient (Wildman–Crippen LogP) is 3.79. The van der Waals surface area contributed by atoms with Gasteiger partial charge in [0.15, 0.2) is 11.4 Å². The van der Waals surface area contributed by atoms with Gasteiger partial charge in [0.1, 0.15) is 17.1 Å². The molecule has 0 fully saturated rings. The number of nitrogens with one attached hydrogen (secondary N) is 1. The van der Waals surface area contributed by atoms with E-state index in [1.807, 2.05) is 30.3 Å². The second kappa shape index (κ2) is 6.68. The van der Waals surface area contributed by atoms with Crippen molar-refractivity contribution in [2.45, 2.75) is 0 Å². The largest absolute Gasteiger partial charge is 0.454 e. The highest BCUT2D eigenvalue weighted by Gasteiger charge is 2.13. The second-order valence-electron chi connectivity index (χ2n) is 5.80. The summed E-state index contributed by atoms with van der Waals surface area (Å²) in [5, 5.41) is 14.4. The van der Waals surface area contributed by atoms with Gasteiger partial charge in [-0.15, -0.1) is 5.11 Å². The molecule has 0 aliphatic heterocycles. The van der Waals surface area contributed by atoms with Gasteiger partial charge in [-0.2, -0.15) is 0 Å². The van der Waals surface area contributed by atoms with Gasteiger partial charge in [0, 0.05) is 40.7 Å². The minimum Gasteiger partial charge on any atom is -0.454 e. The van der Waals surface area contributed by atoms with Gasteiger partial charge in [-0.05, 0) is 18.2 Å². The second-order valence-corrected chi connectivity index (χ2v) is 5.80. The molecular formula is C19H15N7O. The number of nitrogens with zero attached hydrogens (tertiary/aromatic N) is 4. The molecule has 3 heterocycles. The number of nitrogens with two attached hydrogens (primary N) is 2. The summed E-state index contributed by atoms with van der Waals surface area (Å²) >= 11 is 0. The maximum atomic E-state index is 7.74. The van der Waals surface area contributed by atoms with Crippen LogP contribution in [-0.4, -0.2) is 15.8 Å². The van der Waals surface area contributed by atoms with Crippen molar-refractivity contribution in [2.24, 2.45) is 16.2 Å². The Morgan fingerprint density at radius 3 is 2.48 bits per heavy atom. The molecule has 4 aromatic rings. The van der Waals surface area contributed by atoms with Crippen molar-refractivity contribution in [3.63, 3.8) is 0 Å². The van der Waals surface area contributed by atoms with E-state index in [1.54, 1.807) is 30.6 Å². The Labute approximate surface area is 154 Å². The molecule has 4 rings (SSSR count).